The van der Waals surface area contributed by atoms with Gasteiger partial charge in [-0.05, 0) is 31.0 Å². The second-order valence-corrected chi connectivity index (χ2v) is 5.44. The molecule has 3 N–H and O–H groups in total. The molecule has 1 unspecified atom stereocenters. The van der Waals surface area contributed by atoms with Gasteiger partial charge in [0.25, 0.3) is 0 Å². The first-order valence-corrected chi connectivity index (χ1v) is 6.35. The molecule has 4 heteroatoms. The van der Waals surface area contributed by atoms with Crippen molar-refractivity contribution in [2.75, 3.05) is 26.7 Å². The van der Waals surface area contributed by atoms with Gasteiger partial charge in [0.1, 0.15) is 0 Å². The molecule has 0 radical (unpaired) electrons. The molecule has 1 aliphatic rings. The normalized spacial score (nSPS) is 24.4. The number of phenols is 1. The fourth-order valence-corrected chi connectivity index (χ4v) is 2.60. The van der Waals surface area contributed by atoms with E-state index in [0.717, 1.165) is 38.2 Å². The summed E-state index contributed by atoms with van der Waals surface area (Å²) in [5.74, 6) is 0.787. The minimum Gasteiger partial charge on any atom is -0.504 e. The highest BCUT2D eigenvalue weighted by molar-refractivity contribution is 5.45. The third-order valence-electron chi connectivity index (χ3n) is 3.80. The molecule has 100 valence electrons. The summed E-state index contributed by atoms with van der Waals surface area (Å²) in [4.78, 5) is 2.37. The van der Waals surface area contributed by atoms with Crippen LogP contribution < -0.4 is 10.5 Å². The lowest BCUT2D eigenvalue weighted by Gasteiger charge is -2.23. The summed E-state index contributed by atoms with van der Waals surface area (Å²) in [6.45, 7) is 5.80. The maximum absolute atomic E-state index is 9.75. The molecule has 18 heavy (non-hydrogen) atoms. The lowest BCUT2D eigenvalue weighted by molar-refractivity contribution is 0.269. The second kappa shape index (κ2) is 5.16. The Kier molecular flexibility index (Phi) is 3.78. The SMILES string of the molecule is COc1c(O)cccc1CN1CCC(C)(CN)C1. The van der Waals surface area contributed by atoms with Gasteiger partial charge in [0.05, 0.1) is 7.11 Å². The smallest absolute Gasteiger partial charge is 0.164 e. The quantitative estimate of drug-likeness (QED) is 0.851. The summed E-state index contributed by atoms with van der Waals surface area (Å²) >= 11 is 0. The van der Waals surface area contributed by atoms with Gasteiger partial charge < -0.3 is 15.6 Å². The van der Waals surface area contributed by atoms with E-state index in [2.05, 4.69) is 11.8 Å². The van der Waals surface area contributed by atoms with Crippen molar-refractivity contribution in [3.05, 3.63) is 23.8 Å². The topological polar surface area (TPSA) is 58.7 Å². The van der Waals surface area contributed by atoms with Crippen LogP contribution in [0, 0.1) is 5.41 Å². The third kappa shape index (κ3) is 2.60. The monoisotopic (exact) mass is 250 g/mol. The molecular weight excluding hydrogens is 228 g/mol. The standard InChI is InChI=1S/C14H22N2O2/c1-14(9-15)6-7-16(10-14)8-11-4-3-5-12(17)13(11)18-2/h3-5,17H,6-10,15H2,1-2H3. The van der Waals surface area contributed by atoms with E-state index in [0.29, 0.717) is 5.75 Å². The molecule has 0 aromatic heterocycles. The van der Waals surface area contributed by atoms with E-state index in [4.69, 9.17) is 10.5 Å². The molecule has 0 saturated carbocycles. The Hall–Kier alpha value is -1.26. The van der Waals surface area contributed by atoms with Crippen LogP contribution >= 0.6 is 0 Å². The molecule has 1 aromatic rings. The number of nitrogens with zero attached hydrogens (tertiary/aromatic N) is 1. The van der Waals surface area contributed by atoms with Crippen LogP contribution in [-0.2, 0) is 6.54 Å². The molecule has 2 rings (SSSR count). The van der Waals surface area contributed by atoms with Crippen LogP contribution in [0.25, 0.3) is 0 Å². The van der Waals surface area contributed by atoms with Crippen LogP contribution in [0.1, 0.15) is 18.9 Å². The van der Waals surface area contributed by atoms with Crippen molar-refractivity contribution in [3.8, 4) is 11.5 Å². The van der Waals surface area contributed by atoms with Crippen molar-refractivity contribution in [2.24, 2.45) is 11.1 Å². The predicted octanol–water partition coefficient (Wildman–Crippen LogP) is 1.57. The number of likely N-dealkylation sites (tertiary alicyclic amines) is 1. The zero-order valence-electron chi connectivity index (χ0n) is 11.1. The number of hydrogen-bond donors (Lipinski definition) is 2. The molecule has 0 amide bonds. The van der Waals surface area contributed by atoms with Gasteiger partial charge in [-0.2, -0.15) is 0 Å². The number of nitrogens with two attached hydrogens (primary N) is 1. The van der Waals surface area contributed by atoms with Gasteiger partial charge in [-0.1, -0.05) is 19.1 Å². The largest absolute Gasteiger partial charge is 0.504 e. The Morgan fingerprint density at radius 1 is 1.50 bits per heavy atom. The number of ether oxygens (including phenoxy) is 1. The first kappa shape index (κ1) is 13.2. The Morgan fingerprint density at radius 2 is 2.28 bits per heavy atom. The molecule has 1 heterocycles. The number of methoxy groups -OCH3 is 1. The van der Waals surface area contributed by atoms with Crippen molar-refractivity contribution < 1.29 is 9.84 Å². The summed E-state index contributed by atoms with van der Waals surface area (Å²) in [6.07, 6.45) is 1.13. The van der Waals surface area contributed by atoms with Crippen LogP contribution in [0.15, 0.2) is 18.2 Å². The fourth-order valence-electron chi connectivity index (χ4n) is 2.60. The predicted molar refractivity (Wildman–Crippen MR) is 71.7 cm³/mol. The fraction of sp³-hybridized carbons (Fsp3) is 0.571. The molecule has 0 spiro atoms. The van der Waals surface area contributed by atoms with E-state index in [1.54, 1.807) is 13.2 Å². The van der Waals surface area contributed by atoms with Crippen LogP contribution in [0.2, 0.25) is 0 Å². The van der Waals surface area contributed by atoms with Crippen molar-refractivity contribution in [2.45, 2.75) is 19.9 Å². The van der Waals surface area contributed by atoms with Crippen LogP contribution in [0.4, 0.5) is 0 Å². The average Bonchev–Trinajstić information content (AvgIpc) is 2.72. The maximum atomic E-state index is 9.75. The van der Waals surface area contributed by atoms with E-state index < -0.39 is 0 Å². The van der Waals surface area contributed by atoms with Crippen LogP contribution in [0.5, 0.6) is 11.5 Å². The molecule has 0 aliphatic carbocycles. The highest BCUT2D eigenvalue weighted by atomic mass is 16.5. The van der Waals surface area contributed by atoms with E-state index in [-0.39, 0.29) is 11.2 Å². The van der Waals surface area contributed by atoms with Crippen LogP contribution in [-0.4, -0.2) is 36.8 Å². The Morgan fingerprint density at radius 3 is 2.89 bits per heavy atom. The first-order chi connectivity index (χ1) is 8.58. The van der Waals surface area contributed by atoms with Gasteiger partial charge in [0, 0.05) is 18.7 Å². The van der Waals surface area contributed by atoms with Crippen molar-refractivity contribution >= 4 is 0 Å². The summed E-state index contributed by atoms with van der Waals surface area (Å²) in [5.41, 5.74) is 7.07. The molecule has 1 aromatic carbocycles. The molecule has 1 atom stereocenters. The Balaban J connectivity index is 2.09. The number of aromatic hydroxyl groups is 1. The zero-order chi connectivity index (χ0) is 13.2. The van der Waals surface area contributed by atoms with Crippen molar-refractivity contribution in [3.63, 3.8) is 0 Å². The lowest BCUT2D eigenvalue weighted by Crippen LogP contribution is -2.31. The summed E-state index contributed by atoms with van der Waals surface area (Å²) in [6, 6.07) is 5.50. The van der Waals surface area contributed by atoms with E-state index in [1.165, 1.54) is 0 Å². The van der Waals surface area contributed by atoms with Gasteiger partial charge in [0.15, 0.2) is 11.5 Å². The van der Waals surface area contributed by atoms with Gasteiger partial charge in [-0.15, -0.1) is 0 Å². The molecule has 0 bridgehead atoms. The minimum atomic E-state index is 0.204. The van der Waals surface area contributed by atoms with Crippen molar-refractivity contribution in [1.82, 2.24) is 4.90 Å². The number of para-hydroxylation sites is 1. The second-order valence-electron chi connectivity index (χ2n) is 5.44. The highest BCUT2D eigenvalue weighted by Crippen LogP contribution is 2.34. The number of phenolic OH excluding ortho intramolecular Hbond substituents is 1. The highest BCUT2D eigenvalue weighted by Gasteiger charge is 2.32. The molecule has 1 aliphatic heterocycles. The molecule has 4 nitrogen and oxygen atoms in total. The summed E-state index contributed by atoms with van der Waals surface area (Å²) in [7, 11) is 1.59. The van der Waals surface area contributed by atoms with Crippen molar-refractivity contribution in [1.29, 1.82) is 0 Å². The van der Waals surface area contributed by atoms with Gasteiger partial charge >= 0.3 is 0 Å². The van der Waals surface area contributed by atoms with Gasteiger partial charge in [0.2, 0.25) is 0 Å². The summed E-state index contributed by atoms with van der Waals surface area (Å²) < 4.78 is 5.26. The van der Waals surface area contributed by atoms with E-state index >= 15 is 0 Å². The minimum absolute atomic E-state index is 0.204. The van der Waals surface area contributed by atoms with E-state index in [9.17, 15) is 5.11 Å². The van der Waals surface area contributed by atoms with Gasteiger partial charge in [-0.25, -0.2) is 0 Å². The number of hydrogen-bond acceptors (Lipinski definition) is 4. The maximum Gasteiger partial charge on any atom is 0.164 e. The number of rotatable bonds is 4. The summed E-state index contributed by atoms with van der Waals surface area (Å²) in [5, 5.41) is 9.75. The molecule has 1 saturated heterocycles. The molecular formula is C14H22N2O2. The number of benzene rings is 1. The Bertz CT molecular complexity index is 422. The van der Waals surface area contributed by atoms with Crippen LogP contribution in [0.3, 0.4) is 0 Å². The average molecular weight is 250 g/mol. The Labute approximate surface area is 108 Å². The van der Waals surface area contributed by atoms with E-state index in [1.807, 2.05) is 12.1 Å². The lowest BCUT2D eigenvalue weighted by atomic mass is 9.90. The van der Waals surface area contributed by atoms with Gasteiger partial charge in [-0.3, -0.25) is 4.90 Å². The third-order valence-corrected chi connectivity index (χ3v) is 3.80. The molecule has 1 fully saturated rings. The first-order valence-electron chi connectivity index (χ1n) is 6.35. The zero-order valence-corrected chi connectivity index (χ0v) is 11.1.